The number of carboxylic acids is 2. The van der Waals surface area contributed by atoms with Crippen molar-refractivity contribution in [3.63, 3.8) is 0 Å². The average molecular weight is 252 g/mol. The van der Waals surface area contributed by atoms with Crippen molar-refractivity contribution in [2.75, 3.05) is 0 Å². The molecule has 0 saturated carbocycles. The molecule has 0 unspecified atom stereocenters. The van der Waals surface area contributed by atoms with Crippen molar-refractivity contribution < 1.29 is 43.1 Å². The van der Waals surface area contributed by atoms with E-state index in [0.29, 0.717) is 0 Å². The van der Waals surface area contributed by atoms with Crippen LogP contribution >= 0.6 is 0 Å². The quantitative estimate of drug-likeness (QED) is 0.225. The monoisotopic (exact) mass is 252 g/mol. The van der Waals surface area contributed by atoms with E-state index < -0.39 is 36.4 Å². The van der Waals surface area contributed by atoms with Crippen molar-refractivity contribution in [2.24, 2.45) is 0 Å². The van der Waals surface area contributed by atoms with Crippen LogP contribution in [0.25, 0.3) is 0 Å². The molecule has 0 aromatic carbocycles. The van der Waals surface area contributed by atoms with E-state index in [-0.39, 0.29) is 40.6 Å². The van der Waals surface area contributed by atoms with Crippen LogP contribution in [0.15, 0.2) is 0 Å². The molecule has 0 fully saturated rings. The topological polar surface area (TPSA) is 156 Å². The summed E-state index contributed by atoms with van der Waals surface area (Å²) < 4.78 is 0. The van der Waals surface area contributed by atoms with E-state index in [2.05, 4.69) is 0 Å². The predicted octanol–water partition coefficient (Wildman–Crippen LogP) is -2.86. The third-order valence-corrected chi connectivity index (χ3v) is 1.54. The maximum atomic E-state index is 10.1. The Bertz CT molecular complexity index is 256. The molecule has 15 heavy (non-hydrogen) atoms. The standard InChI is InChI=1S/C6H10O8.Ca.2H/c7-3(8)1-2-5(11,12)6(13,14)4(9)10;;;/h11-14H,1-2H2,(H,7,8)(H,9,10);;;/q;+2;2*-1. The zero-order valence-electron chi connectivity index (χ0n) is 9.62. The van der Waals surface area contributed by atoms with Crippen LogP contribution in [-0.4, -0.2) is 91.9 Å². The van der Waals surface area contributed by atoms with Gasteiger partial charge in [-0.2, -0.15) is 0 Å². The molecular weight excluding hydrogens is 240 g/mol. The van der Waals surface area contributed by atoms with Crippen LogP contribution in [-0.2, 0) is 9.59 Å². The Labute approximate surface area is 117 Å². The first-order valence-corrected chi connectivity index (χ1v) is 3.46. The molecular formula is C6H12CaO8. The number of carboxylic acid groups (broad SMARTS) is 2. The molecule has 0 rings (SSSR count). The summed E-state index contributed by atoms with van der Waals surface area (Å²) in [5.74, 6) is -10.9. The van der Waals surface area contributed by atoms with E-state index in [1.807, 2.05) is 0 Å². The zero-order chi connectivity index (χ0) is 11.6. The normalized spacial score (nSPS) is 11.7. The molecule has 0 saturated heterocycles. The summed E-state index contributed by atoms with van der Waals surface area (Å²) in [6.07, 6.45) is -1.84. The first-order valence-electron chi connectivity index (χ1n) is 3.46. The van der Waals surface area contributed by atoms with Crippen molar-refractivity contribution in [2.45, 2.75) is 24.4 Å². The Morgan fingerprint density at radius 3 is 1.73 bits per heavy atom. The number of hydrogen-bond donors (Lipinski definition) is 6. The van der Waals surface area contributed by atoms with Gasteiger partial charge in [0.25, 0.3) is 0 Å². The molecule has 9 heteroatoms. The van der Waals surface area contributed by atoms with Gasteiger partial charge in [-0.15, -0.1) is 0 Å². The molecule has 0 aromatic rings. The second-order valence-corrected chi connectivity index (χ2v) is 2.69. The van der Waals surface area contributed by atoms with Gasteiger partial charge in [-0.05, 0) is 0 Å². The second-order valence-electron chi connectivity index (χ2n) is 2.69. The van der Waals surface area contributed by atoms with Crippen LogP contribution in [0.2, 0.25) is 0 Å². The molecule has 86 valence electrons. The van der Waals surface area contributed by atoms with Crippen LogP contribution < -0.4 is 0 Å². The van der Waals surface area contributed by atoms with E-state index in [4.69, 9.17) is 30.6 Å². The summed E-state index contributed by atoms with van der Waals surface area (Å²) in [7, 11) is 0. The molecule has 0 aliphatic carbocycles. The predicted molar refractivity (Wildman–Crippen MR) is 46.8 cm³/mol. The molecule has 0 aliphatic heterocycles. The van der Waals surface area contributed by atoms with E-state index in [1.165, 1.54) is 0 Å². The number of rotatable bonds is 5. The molecule has 0 aromatic heterocycles. The van der Waals surface area contributed by atoms with Gasteiger partial charge >= 0.3 is 55.5 Å². The maximum Gasteiger partial charge on any atom is 2.00 e. The first kappa shape index (κ1) is 17.4. The third-order valence-electron chi connectivity index (χ3n) is 1.54. The van der Waals surface area contributed by atoms with Crippen molar-refractivity contribution in [3.05, 3.63) is 0 Å². The van der Waals surface area contributed by atoms with Crippen LogP contribution in [0.4, 0.5) is 0 Å². The number of aliphatic hydroxyl groups is 4. The molecule has 0 radical (unpaired) electrons. The minimum Gasteiger partial charge on any atom is -1.00 e. The van der Waals surface area contributed by atoms with Gasteiger partial charge in [-0.1, -0.05) is 0 Å². The fraction of sp³-hybridized carbons (Fsp3) is 0.667. The van der Waals surface area contributed by atoms with Gasteiger partial charge in [0.1, 0.15) is 0 Å². The second kappa shape index (κ2) is 5.94. The number of carbonyl (C=O) groups is 2. The van der Waals surface area contributed by atoms with E-state index >= 15 is 0 Å². The van der Waals surface area contributed by atoms with Crippen molar-refractivity contribution in [1.29, 1.82) is 0 Å². The van der Waals surface area contributed by atoms with Gasteiger partial charge in [0, 0.05) is 6.42 Å². The van der Waals surface area contributed by atoms with Crippen molar-refractivity contribution in [1.82, 2.24) is 0 Å². The van der Waals surface area contributed by atoms with Crippen LogP contribution in [0, 0.1) is 0 Å². The van der Waals surface area contributed by atoms with Gasteiger partial charge in [0.2, 0.25) is 5.79 Å². The Morgan fingerprint density at radius 2 is 1.47 bits per heavy atom. The van der Waals surface area contributed by atoms with Gasteiger partial charge in [0.15, 0.2) is 0 Å². The molecule has 0 atom stereocenters. The SMILES string of the molecule is O=C(O)CCC(O)(O)C(O)(O)C(=O)O.[Ca+2].[H-].[H-]. The summed E-state index contributed by atoms with van der Waals surface area (Å²) in [6, 6.07) is 0. The first-order chi connectivity index (χ1) is 6.11. The molecule has 0 aliphatic rings. The van der Waals surface area contributed by atoms with Gasteiger partial charge in [-0.3, -0.25) is 4.79 Å². The molecule has 6 N–H and O–H groups in total. The van der Waals surface area contributed by atoms with Crippen LogP contribution in [0.5, 0.6) is 0 Å². The summed E-state index contributed by atoms with van der Waals surface area (Å²) >= 11 is 0. The van der Waals surface area contributed by atoms with Crippen molar-refractivity contribution in [3.8, 4) is 0 Å². The van der Waals surface area contributed by atoms with E-state index in [0.717, 1.165) is 0 Å². The Balaban J connectivity index is -0.000000282. The molecule has 8 nitrogen and oxygen atoms in total. The largest absolute Gasteiger partial charge is 2.00 e. The molecule has 0 amide bonds. The zero-order valence-corrected chi connectivity index (χ0v) is 9.83. The molecule has 0 heterocycles. The smallest absolute Gasteiger partial charge is 1.00 e. The summed E-state index contributed by atoms with van der Waals surface area (Å²) in [5, 5.41) is 51.5. The fourth-order valence-electron chi connectivity index (χ4n) is 0.627. The minimum atomic E-state index is -3.80. The minimum absolute atomic E-state index is 0. The third kappa shape index (κ3) is 4.60. The Hall–Kier alpha value is 0.0397. The van der Waals surface area contributed by atoms with Crippen LogP contribution in [0.3, 0.4) is 0 Å². The van der Waals surface area contributed by atoms with Gasteiger partial charge in [0.05, 0.1) is 6.42 Å². The summed E-state index contributed by atoms with van der Waals surface area (Å²) in [6.45, 7) is 0. The Morgan fingerprint density at radius 1 is 1.07 bits per heavy atom. The molecule has 0 bridgehead atoms. The van der Waals surface area contributed by atoms with E-state index in [9.17, 15) is 9.59 Å². The van der Waals surface area contributed by atoms with E-state index in [1.54, 1.807) is 0 Å². The maximum absolute atomic E-state index is 10.1. The average Bonchev–Trinajstić information content (AvgIpc) is 2.00. The summed E-state index contributed by atoms with van der Waals surface area (Å²) in [5.41, 5.74) is 0. The fourth-order valence-corrected chi connectivity index (χ4v) is 0.627. The van der Waals surface area contributed by atoms with Crippen molar-refractivity contribution >= 4 is 49.7 Å². The summed E-state index contributed by atoms with van der Waals surface area (Å²) in [4.78, 5) is 20.2. The van der Waals surface area contributed by atoms with Crippen LogP contribution in [0.1, 0.15) is 15.7 Å². The van der Waals surface area contributed by atoms with Gasteiger partial charge < -0.3 is 33.5 Å². The van der Waals surface area contributed by atoms with Gasteiger partial charge in [-0.25, -0.2) is 4.79 Å². The Kier molecular flexibility index (Phi) is 6.91. The number of aliphatic carboxylic acids is 2. The molecule has 0 spiro atoms. The number of hydrogen-bond acceptors (Lipinski definition) is 6.